The summed E-state index contributed by atoms with van der Waals surface area (Å²) < 4.78 is 5.95. The smallest absolute Gasteiger partial charge is 0.208 e. The van der Waals surface area contributed by atoms with Crippen molar-refractivity contribution in [3.8, 4) is 0 Å². The zero-order chi connectivity index (χ0) is 22.3. The first-order valence-corrected chi connectivity index (χ1v) is 11.5. The Bertz CT molecular complexity index is 752. The van der Waals surface area contributed by atoms with Crippen LogP contribution in [0.25, 0.3) is 0 Å². The predicted octanol–water partition coefficient (Wildman–Crippen LogP) is 2.18. The van der Waals surface area contributed by atoms with E-state index in [1.165, 1.54) is 6.92 Å². The van der Waals surface area contributed by atoms with Crippen LogP contribution in [0.1, 0.15) is 66.2 Å². The van der Waals surface area contributed by atoms with E-state index in [9.17, 15) is 25.2 Å². The van der Waals surface area contributed by atoms with E-state index in [4.69, 9.17) is 4.74 Å². The molecule has 3 aliphatic carbocycles. The van der Waals surface area contributed by atoms with Crippen LogP contribution in [0.4, 0.5) is 0 Å². The number of carbonyl (C=O) groups is 1. The van der Waals surface area contributed by atoms with Crippen molar-refractivity contribution in [1.82, 2.24) is 0 Å². The SMILES string of the molecule is C=C(C)[C@@H]1CC[C@H]2[C@@]34CO[C@@](O)([C@@H](O)[C@@H]3[C@](C)(CCC)CC[C@@H]4O)[C@@]2(C(C)=O)[C@@H]1O. The van der Waals surface area contributed by atoms with Gasteiger partial charge < -0.3 is 25.2 Å². The third-order valence-corrected chi connectivity index (χ3v) is 9.64. The summed E-state index contributed by atoms with van der Waals surface area (Å²) in [5.74, 6) is -3.82. The second-order valence-electron chi connectivity index (χ2n) is 10.9. The highest BCUT2D eigenvalue weighted by Gasteiger charge is 2.84. The van der Waals surface area contributed by atoms with E-state index in [0.717, 1.165) is 24.8 Å². The molecule has 2 bridgehead atoms. The molecule has 0 radical (unpaired) electrons. The predicted molar refractivity (Wildman–Crippen MR) is 111 cm³/mol. The number of aliphatic hydroxyl groups excluding tert-OH is 3. The first-order chi connectivity index (χ1) is 13.9. The maximum Gasteiger partial charge on any atom is 0.208 e. The van der Waals surface area contributed by atoms with Gasteiger partial charge in [-0.3, -0.25) is 4.79 Å². The Morgan fingerprint density at radius 2 is 1.80 bits per heavy atom. The summed E-state index contributed by atoms with van der Waals surface area (Å²) in [5.41, 5.74) is -2.10. The molecule has 10 atom stereocenters. The standard InChI is InChI=1S/C24H38O6/c1-6-10-21(5)11-9-17(26)22-12-30-24(29,20(28)18(21)22)23(14(4)25)16(22)8-7-15(13(2)3)19(23)27/h15-20,26-29H,2,6-12H2,1,3-5H3/t15-,16-,17-,18+,19+,20-,21+,22+,23+,24-/m0/s1. The second-order valence-corrected chi connectivity index (χ2v) is 10.9. The number of hydrogen-bond acceptors (Lipinski definition) is 6. The van der Waals surface area contributed by atoms with Crippen molar-refractivity contribution >= 4 is 5.78 Å². The molecular weight excluding hydrogens is 384 g/mol. The van der Waals surface area contributed by atoms with Crippen LogP contribution in [-0.4, -0.2) is 56.9 Å². The first-order valence-electron chi connectivity index (χ1n) is 11.5. The molecule has 0 amide bonds. The molecule has 5 fully saturated rings. The Morgan fingerprint density at radius 1 is 1.13 bits per heavy atom. The monoisotopic (exact) mass is 422 g/mol. The maximum absolute atomic E-state index is 13.3. The van der Waals surface area contributed by atoms with E-state index in [0.29, 0.717) is 19.3 Å². The van der Waals surface area contributed by atoms with Crippen molar-refractivity contribution in [1.29, 1.82) is 0 Å². The molecule has 2 heterocycles. The molecule has 5 aliphatic rings. The first kappa shape index (κ1) is 22.4. The van der Waals surface area contributed by atoms with Crippen LogP contribution in [0, 0.1) is 34.0 Å². The number of ether oxygens (including phenoxy) is 1. The Kier molecular flexibility index (Phi) is 5.12. The summed E-state index contributed by atoms with van der Waals surface area (Å²) in [7, 11) is 0. The lowest BCUT2D eigenvalue weighted by molar-refractivity contribution is -0.462. The molecule has 6 heteroatoms. The summed E-state index contributed by atoms with van der Waals surface area (Å²) in [6.07, 6.45) is 0.946. The van der Waals surface area contributed by atoms with Crippen molar-refractivity contribution in [3.63, 3.8) is 0 Å². The van der Waals surface area contributed by atoms with Gasteiger partial charge in [0.05, 0.1) is 18.8 Å². The minimum absolute atomic E-state index is 0.0931. The van der Waals surface area contributed by atoms with Crippen LogP contribution in [-0.2, 0) is 9.53 Å². The van der Waals surface area contributed by atoms with Gasteiger partial charge in [0.1, 0.15) is 17.3 Å². The quantitative estimate of drug-likeness (QED) is 0.518. The third-order valence-electron chi connectivity index (χ3n) is 9.64. The zero-order valence-corrected chi connectivity index (χ0v) is 18.7. The Morgan fingerprint density at radius 3 is 2.37 bits per heavy atom. The van der Waals surface area contributed by atoms with Gasteiger partial charge in [-0.1, -0.05) is 32.4 Å². The minimum atomic E-state index is -2.19. The molecule has 6 nitrogen and oxygen atoms in total. The molecule has 4 N–H and O–H groups in total. The highest BCUT2D eigenvalue weighted by molar-refractivity contribution is 5.86. The van der Waals surface area contributed by atoms with Crippen molar-refractivity contribution in [2.75, 3.05) is 6.61 Å². The summed E-state index contributed by atoms with van der Waals surface area (Å²) in [6, 6.07) is 0. The van der Waals surface area contributed by atoms with Gasteiger partial charge >= 0.3 is 0 Å². The molecule has 170 valence electrons. The lowest BCUT2D eigenvalue weighted by Gasteiger charge is -2.76. The molecule has 0 aromatic heterocycles. The maximum atomic E-state index is 13.3. The third kappa shape index (κ3) is 2.30. The number of fused-ring (bicyclic) bond motifs is 1. The lowest BCUT2D eigenvalue weighted by atomic mass is 9.33. The highest BCUT2D eigenvalue weighted by atomic mass is 16.6. The normalized spacial score (nSPS) is 54.9. The van der Waals surface area contributed by atoms with Gasteiger partial charge in [-0.15, -0.1) is 0 Å². The fourth-order valence-corrected chi connectivity index (χ4v) is 8.55. The molecule has 1 spiro atoms. The van der Waals surface area contributed by atoms with Gasteiger partial charge in [0.2, 0.25) is 5.79 Å². The summed E-state index contributed by atoms with van der Waals surface area (Å²) in [5, 5.41) is 46.5. The Hall–Kier alpha value is -0.790. The van der Waals surface area contributed by atoms with Gasteiger partial charge in [-0.05, 0) is 57.3 Å². The molecule has 0 unspecified atom stereocenters. The lowest BCUT2D eigenvalue weighted by Crippen LogP contribution is -2.87. The van der Waals surface area contributed by atoms with E-state index < -0.39 is 46.8 Å². The number of hydrogen-bond donors (Lipinski definition) is 4. The van der Waals surface area contributed by atoms with Crippen molar-refractivity contribution < 1.29 is 30.0 Å². The van der Waals surface area contributed by atoms with E-state index in [2.05, 4.69) is 20.4 Å². The van der Waals surface area contributed by atoms with Gasteiger partial charge in [-0.25, -0.2) is 0 Å². The van der Waals surface area contributed by atoms with Gasteiger partial charge in [0, 0.05) is 17.3 Å². The van der Waals surface area contributed by atoms with Crippen LogP contribution in [0.3, 0.4) is 0 Å². The Balaban J connectivity index is 1.97. The number of aliphatic hydroxyl groups is 4. The molecule has 0 aromatic rings. The zero-order valence-electron chi connectivity index (χ0n) is 18.7. The summed E-state index contributed by atoms with van der Waals surface area (Å²) >= 11 is 0. The molecule has 3 saturated carbocycles. The van der Waals surface area contributed by atoms with E-state index in [-0.39, 0.29) is 23.7 Å². The molecular formula is C24H38O6. The fourth-order valence-electron chi connectivity index (χ4n) is 8.55. The number of rotatable bonds is 4. The van der Waals surface area contributed by atoms with Crippen molar-refractivity contribution in [2.45, 2.75) is 90.3 Å². The van der Waals surface area contributed by atoms with Crippen LogP contribution in [0.15, 0.2) is 12.2 Å². The molecule has 30 heavy (non-hydrogen) atoms. The average molecular weight is 423 g/mol. The largest absolute Gasteiger partial charge is 0.392 e. The van der Waals surface area contributed by atoms with Crippen molar-refractivity contribution in [2.24, 2.45) is 34.0 Å². The number of ketones is 1. The number of carbonyl (C=O) groups excluding carboxylic acids is 1. The molecule has 2 aliphatic heterocycles. The average Bonchev–Trinajstić information content (AvgIpc) is 2.66. The summed E-state index contributed by atoms with van der Waals surface area (Å²) in [6.45, 7) is 11.5. The highest BCUT2D eigenvalue weighted by Crippen LogP contribution is 2.74. The molecule has 2 saturated heterocycles. The van der Waals surface area contributed by atoms with Gasteiger partial charge in [0.15, 0.2) is 0 Å². The fraction of sp³-hybridized carbons (Fsp3) is 0.875. The minimum Gasteiger partial charge on any atom is -0.392 e. The van der Waals surface area contributed by atoms with Crippen LogP contribution < -0.4 is 0 Å². The van der Waals surface area contributed by atoms with Crippen LogP contribution >= 0.6 is 0 Å². The van der Waals surface area contributed by atoms with Gasteiger partial charge in [0.25, 0.3) is 0 Å². The second kappa shape index (κ2) is 6.85. The summed E-state index contributed by atoms with van der Waals surface area (Å²) in [4.78, 5) is 13.3. The van der Waals surface area contributed by atoms with Crippen molar-refractivity contribution in [3.05, 3.63) is 12.2 Å². The topological polar surface area (TPSA) is 107 Å². The molecule has 0 aromatic carbocycles. The van der Waals surface area contributed by atoms with Gasteiger partial charge in [-0.2, -0.15) is 0 Å². The Labute approximate surface area is 179 Å². The van der Waals surface area contributed by atoms with E-state index >= 15 is 0 Å². The van der Waals surface area contributed by atoms with E-state index in [1.807, 2.05) is 6.92 Å². The van der Waals surface area contributed by atoms with Crippen LogP contribution in [0.2, 0.25) is 0 Å². The number of Topliss-reactive ketones (excluding diaryl/α,β-unsaturated/α-hetero) is 1. The van der Waals surface area contributed by atoms with E-state index in [1.54, 1.807) is 0 Å². The van der Waals surface area contributed by atoms with Crippen LogP contribution in [0.5, 0.6) is 0 Å². The molecule has 5 rings (SSSR count).